The molecule has 2 heteroatoms. The van der Waals surface area contributed by atoms with E-state index < -0.39 is 0 Å². The van der Waals surface area contributed by atoms with E-state index in [4.69, 9.17) is 0 Å². The van der Waals surface area contributed by atoms with E-state index in [1.807, 2.05) is 11.9 Å². The molecule has 10 heavy (non-hydrogen) atoms. The minimum absolute atomic E-state index is 0.731. The van der Waals surface area contributed by atoms with E-state index in [2.05, 4.69) is 31.3 Å². The van der Waals surface area contributed by atoms with Crippen LogP contribution in [0.5, 0.6) is 0 Å². The average Bonchev–Trinajstić information content (AvgIpc) is 1.99. The Morgan fingerprint density at radius 3 is 2.30 bits per heavy atom. The molecule has 0 spiro atoms. The molecule has 0 aliphatic heterocycles. The fourth-order valence-corrected chi connectivity index (χ4v) is 1.79. The normalized spacial score (nSPS) is 14.1. The van der Waals surface area contributed by atoms with Gasteiger partial charge in [-0.2, -0.15) is 0 Å². The van der Waals surface area contributed by atoms with Crippen LogP contribution in [0.25, 0.3) is 0 Å². The Balaban J connectivity index is 3.56. The quantitative estimate of drug-likeness (QED) is 0.570. The van der Waals surface area contributed by atoms with Crippen molar-refractivity contribution >= 4 is 11.9 Å². The van der Waals surface area contributed by atoms with Crippen LogP contribution >= 0.6 is 11.9 Å². The van der Waals surface area contributed by atoms with Gasteiger partial charge in [-0.25, -0.2) is 4.31 Å². The average molecular weight is 161 g/mol. The van der Waals surface area contributed by atoms with Crippen LogP contribution in [0.15, 0.2) is 0 Å². The van der Waals surface area contributed by atoms with Crippen molar-refractivity contribution in [2.45, 2.75) is 39.7 Å². The SMILES string of the molecule is CCCN(SC)C(C)CC. The molecule has 0 aromatic carbocycles. The summed E-state index contributed by atoms with van der Waals surface area (Å²) in [5, 5.41) is 0. The van der Waals surface area contributed by atoms with Crippen molar-refractivity contribution in [1.29, 1.82) is 0 Å². The molecular formula is C8H19NS. The molecule has 0 rings (SSSR count). The Labute approximate surface area is 69.3 Å². The maximum atomic E-state index is 2.44. The molecule has 62 valence electrons. The van der Waals surface area contributed by atoms with Crippen LogP contribution < -0.4 is 0 Å². The molecule has 1 unspecified atom stereocenters. The first-order chi connectivity index (χ1) is 4.76. The second kappa shape index (κ2) is 6.05. The van der Waals surface area contributed by atoms with Crippen molar-refractivity contribution in [1.82, 2.24) is 4.31 Å². The van der Waals surface area contributed by atoms with Gasteiger partial charge >= 0.3 is 0 Å². The van der Waals surface area contributed by atoms with Crippen molar-refractivity contribution in [3.05, 3.63) is 0 Å². The number of rotatable bonds is 5. The first-order valence-electron chi connectivity index (χ1n) is 4.07. The van der Waals surface area contributed by atoms with E-state index in [1.54, 1.807) is 0 Å². The molecule has 0 radical (unpaired) electrons. The van der Waals surface area contributed by atoms with Crippen molar-refractivity contribution < 1.29 is 0 Å². The van der Waals surface area contributed by atoms with Gasteiger partial charge in [0.1, 0.15) is 0 Å². The maximum Gasteiger partial charge on any atom is 0.0171 e. The van der Waals surface area contributed by atoms with Crippen molar-refractivity contribution in [3.63, 3.8) is 0 Å². The third-order valence-corrected chi connectivity index (χ3v) is 2.77. The van der Waals surface area contributed by atoms with E-state index in [0.717, 1.165) is 6.04 Å². The predicted molar refractivity (Wildman–Crippen MR) is 50.3 cm³/mol. The summed E-state index contributed by atoms with van der Waals surface area (Å²) in [6.45, 7) is 7.97. The molecule has 0 aromatic heterocycles. The molecule has 0 saturated carbocycles. The summed E-state index contributed by atoms with van der Waals surface area (Å²) in [5.74, 6) is 0. The molecule has 0 N–H and O–H groups in total. The highest BCUT2D eigenvalue weighted by molar-refractivity contribution is 7.96. The Hall–Kier alpha value is 0.310. The van der Waals surface area contributed by atoms with E-state index in [0.29, 0.717) is 0 Å². The number of hydrogen-bond acceptors (Lipinski definition) is 2. The smallest absolute Gasteiger partial charge is 0.0171 e. The standard InChI is InChI=1S/C8H19NS/c1-5-7-9(10-4)8(3)6-2/h8H,5-7H2,1-4H3. The predicted octanol–water partition coefficient (Wildman–Crippen LogP) is 2.77. The lowest BCUT2D eigenvalue weighted by Gasteiger charge is -2.24. The number of hydrogen-bond donors (Lipinski definition) is 0. The molecule has 0 heterocycles. The van der Waals surface area contributed by atoms with Crippen LogP contribution in [-0.2, 0) is 0 Å². The largest absolute Gasteiger partial charge is 0.248 e. The Bertz CT molecular complexity index is 75.7. The first-order valence-corrected chi connectivity index (χ1v) is 5.25. The lowest BCUT2D eigenvalue weighted by atomic mass is 10.2. The third-order valence-electron chi connectivity index (χ3n) is 1.76. The molecular weight excluding hydrogens is 142 g/mol. The summed E-state index contributed by atoms with van der Waals surface area (Å²) < 4.78 is 2.44. The summed E-state index contributed by atoms with van der Waals surface area (Å²) in [6, 6.07) is 0.731. The maximum absolute atomic E-state index is 2.44. The van der Waals surface area contributed by atoms with Crippen molar-refractivity contribution in [2.75, 3.05) is 12.8 Å². The van der Waals surface area contributed by atoms with Crippen molar-refractivity contribution in [2.24, 2.45) is 0 Å². The highest BCUT2D eigenvalue weighted by Gasteiger charge is 2.07. The van der Waals surface area contributed by atoms with Crippen LogP contribution in [0.4, 0.5) is 0 Å². The van der Waals surface area contributed by atoms with Crippen LogP contribution in [0.2, 0.25) is 0 Å². The second-order valence-corrected chi connectivity index (χ2v) is 3.41. The van der Waals surface area contributed by atoms with Gasteiger partial charge < -0.3 is 0 Å². The summed E-state index contributed by atoms with van der Waals surface area (Å²) in [5.41, 5.74) is 0. The zero-order chi connectivity index (χ0) is 7.98. The van der Waals surface area contributed by atoms with E-state index in [1.165, 1.54) is 19.4 Å². The topological polar surface area (TPSA) is 3.24 Å². The van der Waals surface area contributed by atoms with Crippen LogP contribution in [0, 0.1) is 0 Å². The summed E-state index contributed by atoms with van der Waals surface area (Å²) in [4.78, 5) is 0. The van der Waals surface area contributed by atoms with Gasteiger partial charge in [-0.1, -0.05) is 25.8 Å². The van der Waals surface area contributed by atoms with Gasteiger partial charge in [-0.05, 0) is 26.0 Å². The molecule has 0 amide bonds. The zero-order valence-corrected chi connectivity index (χ0v) is 8.37. The Morgan fingerprint density at radius 2 is 2.00 bits per heavy atom. The van der Waals surface area contributed by atoms with Gasteiger partial charge in [-0.15, -0.1) is 0 Å². The van der Waals surface area contributed by atoms with Gasteiger partial charge in [0.25, 0.3) is 0 Å². The monoisotopic (exact) mass is 161 g/mol. The van der Waals surface area contributed by atoms with E-state index in [-0.39, 0.29) is 0 Å². The molecule has 0 bridgehead atoms. The van der Waals surface area contributed by atoms with Crippen molar-refractivity contribution in [3.8, 4) is 0 Å². The number of nitrogens with zero attached hydrogens (tertiary/aromatic N) is 1. The lowest BCUT2D eigenvalue weighted by Crippen LogP contribution is -2.26. The molecule has 0 aromatic rings. The second-order valence-electron chi connectivity index (χ2n) is 2.58. The molecule has 0 aliphatic carbocycles. The first kappa shape index (κ1) is 10.3. The minimum Gasteiger partial charge on any atom is -0.248 e. The van der Waals surface area contributed by atoms with Gasteiger partial charge in [0.15, 0.2) is 0 Å². The lowest BCUT2D eigenvalue weighted by molar-refractivity contribution is 0.366. The summed E-state index contributed by atoms with van der Waals surface area (Å²) in [6.07, 6.45) is 4.66. The fraction of sp³-hybridized carbons (Fsp3) is 1.00. The van der Waals surface area contributed by atoms with E-state index in [9.17, 15) is 0 Å². The molecule has 0 saturated heterocycles. The van der Waals surface area contributed by atoms with Crippen LogP contribution in [0.1, 0.15) is 33.6 Å². The third kappa shape index (κ3) is 3.47. The Kier molecular flexibility index (Phi) is 6.24. The summed E-state index contributed by atoms with van der Waals surface area (Å²) >= 11 is 1.86. The molecule has 0 aliphatic rings. The summed E-state index contributed by atoms with van der Waals surface area (Å²) in [7, 11) is 0. The Morgan fingerprint density at radius 1 is 1.40 bits per heavy atom. The van der Waals surface area contributed by atoms with Crippen LogP contribution in [-0.4, -0.2) is 23.1 Å². The fourth-order valence-electron chi connectivity index (χ4n) is 0.916. The molecule has 0 fully saturated rings. The molecule has 1 nitrogen and oxygen atoms in total. The van der Waals surface area contributed by atoms with Gasteiger partial charge in [0.05, 0.1) is 0 Å². The minimum atomic E-state index is 0.731. The molecule has 1 atom stereocenters. The zero-order valence-electron chi connectivity index (χ0n) is 7.55. The van der Waals surface area contributed by atoms with Gasteiger partial charge in [0.2, 0.25) is 0 Å². The van der Waals surface area contributed by atoms with Gasteiger partial charge in [0, 0.05) is 12.6 Å². The highest BCUT2D eigenvalue weighted by Crippen LogP contribution is 2.13. The van der Waals surface area contributed by atoms with Gasteiger partial charge in [-0.3, -0.25) is 0 Å². The van der Waals surface area contributed by atoms with E-state index >= 15 is 0 Å². The highest BCUT2D eigenvalue weighted by atomic mass is 32.2. The van der Waals surface area contributed by atoms with Crippen LogP contribution in [0.3, 0.4) is 0 Å².